The van der Waals surface area contributed by atoms with Crippen molar-refractivity contribution in [1.29, 1.82) is 0 Å². The third kappa shape index (κ3) is 5.16. The Balaban J connectivity index is 1.75. The molecule has 1 amide bonds. The van der Waals surface area contributed by atoms with E-state index in [4.69, 9.17) is 4.74 Å². The first-order valence-electron chi connectivity index (χ1n) is 10.6. The summed E-state index contributed by atoms with van der Waals surface area (Å²) in [6.45, 7) is 0.905. The summed E-state index contributed by atoms with van der Waals surface area (Å²) in [4.78, 5) is 12.9. The van der Waals surface area contributed by atoms with Crippen LogP contribution in [0.2, 0.25) is 0 Å². The van der Waals surface area contributed by atoms with E-state index >= 15 is 0 Å². The van der Waals surface area contributed by atoms with Crippen LogP contribution in [0.25, 0.3) is 0 Å². The summed E-state index contributed by atoms with van der Waals surface area (Å²) in [5.74, 6) is -6.09. The summed E-state index contributed by atoms with van der Waals surface area (Å²) in [5.41, 5.74) is -5.67. The van der Waals surface area contributed by atoms with Gasteiger partial charge in [0.1, 0.15) is 11.2 Å². The Morgan fingerprint density at radius 2 is 1.84 bits per heavy atom. The molecular formula is C23H17F6N3O4S. The van der Waals surface area contributed by atoms with Crippen molar-refractivity contribution in [3.05, 3.63) is 70.4 Å². The maximum Gasteiger partial charge on any atom is 0.435 e. The molecule has 1 atom stereocenters. The zero-order chi connectivity index (χ0) is 27.1. The fourth-order valence-corrected chi connectivity index (χ4v) is 4.22. The van der Waals surface area contributed by atoms with Crippen molar-refractivity contribution in [3.8, 4) is 11.6 Å². The number of aromatic nitrogens is 2. The van der Waals surface area contributed by atoms with Crippen molar-refractivity contribution < 1.29 is 44.6 Å². The molecule has 0 spiro atoms. The number of hydrogen-bond acceptors (Lipinski definition) is 5. The van der Waals surface area contributed by atoms with Crippen LogP contribution in [-0.2, 0) is 22.9 Å². The molecule has 196 valence electrons. The van der Waals surface area contributed by atoms with Crippen LogP contribution in [0.4, 0.5) is 32.0 Å². The molecule has 1 heterocycles. The molecule has 0 radical (unpaired) electrons. The molecule has 0 aliphatic heterocycles. The highest BCUT2D eigenvalue weighted by Crippen LogP contribution is 2.47. The lowest BCUT2D eigenvalue weighted by Crippen LogP contribution is -2.30. The van der Waals surface area contributed by atoms with Crippen LogP contribution in [0, 0.1) is 18.6 Å². The minimum Gasteiger partial charge on any atom is -0.434 e. The van der Waals surface area contributed by atoms with E-state index in [0.717, 1.165) is 25.1 Å². The fourth-order valence-electron chi connectivity index (χ4n) is 3.80. The molecule has 1 aromatic heterocycles. The molecule has 1 fully saturated rings. The molecule has 14 heteroatoms. The quantitative estimate of drug-likeness (QED) is 0.289. The number of nitrogens with one attached hydrogen (secondary N) is 1. The van der Waals surface area contributed by atoms with Gasteiger partial charge in [-0.2, -0.15) is 17.6 Å². The minimum atomic E-state index is -5.02. The lowest BCUT2D eigenvalue weighted by Gasteiger charge is -2.34. The average Bonchev–Trinajstić information content (AvgIpc) is 2.80. The number of hydrogen-bond donors (Lipinski definition) is 2. The highest BCUT2D eigenvalue weighted by molar-refractivity contribution is 7.79. The molecule has 1 aliphatic rings. The molecule has 3 aromatic rings. The average molecular weight is 545 g/mol. The van der Waals surface area contributed by atoms with Crippen LogP contribution in [0.15, 0.2) is 41.3 Å². The highest BCUT2D eigenvalue weighted by Gasteiger charge is 2.42. The molecule has 1 saturated carbocycles. The molecule has 0 bridgehead atoms. The lowest BCUT2D eigenvalue weighted by molar-refractivity contribution is -0.142. The summed E-state index contributed by atoms with van der Waals surface area (Å²) in [6, 6.07) is 6.82. The second-order valence-corrected chi connectivity index (χ2v) is 9.21. The molecule has 2 aromatic carbocycles. The van der Waals surface area contributed by atoms with Gasteiger partial charge in [0.25, 0.3) is 11.8 Å². The van der Waals surface area contributed by atoms with Gasteiger partial charge in [0.2, 0.25) is 5.82 Å². The lowest BCUT2D eigenvalue weighted by atomic mass is 9.76. The largest absolute Gasteiger partial charge is 0.435 e. The fraction of sp³-hybridized carbons (Fsp3) is 0.261. The maximum atomic E-state index is 14.8. The summed E-state index contributed by atoms with van der Waals surface area (Å²) in [6.07, 6.45) is -4.52. The zero-order valence-electron chi connectivity index (χ0n) is 18.8. The maximum absolute atomic E-state index is 14.8. The summed E-state index contributed by atoms with van der Waals surface area (Å²) in [7, 11) is 0. The van der Waals surface area contributed by atoms with E-state index in [1.54, 1.807) is 0 Å². The van der Waals surface area contributed by atoms with Gasteiger partial charge in [-0.05, 0) is 62.1 Å². The van der Waals surface area contributed by atoms with Crippen molar-refractivity contribution in [2.45, 2.75) is 42.9 Å². The first-order valence-corrected chi connectivity index (χ1v) is 11.7. The molecular weight excluding hydrogens is 528 g/mol. The molecule has 4 rings (SSSR count). The first kappa shape index (κ1) is 26.5. The summed E-state index contributed by atoms with van der Waals surface area (Å²) < 4.78 is 110. The number of alkyl halides is 4. The van der Waals surface area contributed by atoms with Crippen molar-refractivity contribution in [1.82, 2.24) is 10.2 Å². The number of ether oxygens (including phenoxy) is 1. The van der Waals surface area contributed by atoms with Crippen molar-refractivity contribution in [3.63, 3.8) is 0 Å². The van der Waals surface area contributed by atoms with E-state index in [-0.39, 0.29) is 23.4 Å². The highest BCUT2D eigenvalue weighted by atomic mass is 32.2. The van der Waals surface area contributed by atoms with Crippen LogP contribution in [-0.4, -0.2) is 24.9 Å². The summed E-state index contributed by atoms with van der Waals surface area (Å²) in [5, 5.41) is 8.56. The van der Waals surface area contributed by atoms with E-state index in [0.29, 0.717) is 6.42 Å². The number of benzene rings is 2. The Kier molecular flexibility index (Phi) is 6.99. The van der Waals surface area contributed by atoms with Gasteiger partial charge in [0.05, 0.1) is 4.90 Å². The van der Waals surface area contributed by atoms with Gasteiger partial charge in [-0.1, -0.05) is 6.07 Å². The zero-order valence-corrected chi connectivity index (χ0v) is 19.6. The predicted molar refractivity (Wildman–Crippen MR) is 118 cm³/mol. The SMILES string of the molecule is Cc1c(C(F)(F)F)nnc(Oc2ccc(C3(F)CCC3)c(F)c2F)c1C(=O)Nc1cccc(S(=O)O)c1. The number of amides is 1. The standard InChI is InChI=1S/C23H17F6N3O4S/c1-11-16(20(33)30-12-4-2-5-13(10-12)37(34)35)21(32-31-19(11)23(27,28)29)36-15-7-6-14(17(24)18(15)25)22(26)8-3-9-22/h2,4-7,10H,3,8-9H2,1H3,(H,30,33)(H,34,35). The van der Waals surface area contributed by atoms with Crippen molar-refractivity contribution >= 4 is 22.7 Å². The number of halogens is 6. The van der Waals surface area contributed by atoms with Gasteiger partial charge in [0.15, 0.2) is 28.3 Å². The molecule has 7 nitrogen and oxygen atoms in total. The van der Waals surface area contributed by atoms with E-state index in [1.807, 2.05) is 0 Å². The van der Waals surface area contributed by atoms with Crippen LogP contribution >= 0.6 is 0 Å². The van der Waals surface area contributed by atoms with E-state index < -0.39 is 74.5 Å². The van der Waals surface area contributed by atoms with E-state index in [9.17, 15) is 39.9 Å². The topological polar surface area (TPSA) is 101 Å². The third-order valence-electron chi connectivity index (χ3n) is 5.86. The van der Waals surface area contributed by atoms with Gasteiger partial charge in [-0.15, -0.1) is 10.2 Å². The number of carbonyl (C=O) groups excluding carboxylic acids is 1. The van der Waals surface area contributed by atoms with E-state index in [2.05, 4.69) is 15.5 Å². The Morgan fingerprint density at radius 3 is 2.43 bits per heavy atom. The first-order chi connectivity index (χ1) is 17.3. The van der Waals surface area contributed by atoms with Crippen molar-refractivity contribution in [2.75, 3.05) is 5.32 Å². The van der Waals surface area contributed by atoms with Crippen LogP contribution in [0.3, 0.4) is 0 Å². The van der Waals surface area contributed by atoms with Gasteiger partial charge < -0.3 is 14.6 Å². The number of carbonyl (C=O) groups is 1. The van der Waals surface area contributed by atoms with Crippen molar-refractivity contribution in [2.24, 2.45) is 0 Å². The van der Waals surface area contributed by atoms with Crippen LogP contribution in [0.5, 0.6) is 11.6 Å². The van der Waals surface area contributed by atoms with Gasteiger partial charge >= 0.3 is 6.18 Å². The Morgan fingerprint density at radius 1 is 1.14 bits per heavy atom. The summed E-state index contributed by atoms with van der Waals surface area (Å²) >= 11 is -2.41. The van der Waals surface area contributed by atoms with E-state index in [1.165, 1.54) is 18.2 Å². The normalized spacial score (nSPS) is 15.6. The molecule has 2 N–H and O–H groups in total. The van der Waals surface area contributed by atoms with Gasteiger partial charge in [-0.3, -0.25) is 4.79 Å². The Labute approximate surface area is 208 Å². The number of nitrogens with zero attached hydrogens (tertiary/aromatic N) is 2. The van der Waals surface area contributed by atoms with Gasteiger partial charge in [0, 0.05) is 11.3 Å². The second kappa shape index (κ2) is 9.74. The third-order valence-corrected chi connectivity index (χ3v) is 6.51. The minimum absolute atomic E-state index is 0.00251. The Hall–Kier alpha value is -3.52. The number of rotatable bonds is 6. The monoisotopic (exact) mass is 545 g/mol. The predicted octanol–water partition coefficient (Wildman–Crippen LogP) is 6.06. The Bertz CT molecular complexity index is 1410. The molecule has 1 unspecified atom stereocenters. The number of anilines is 1. The smallest absolute Gasteiger partial charge is 0.434 e. The molecule has 1 aliphatic carbocycles. The molecule has 37 heavy (non-hydrogen) atoms. The van der Waals surface area contributed by atoms with Crippen LogP contribution in [0.1, 0.15) is 46.4 Å². The second-order valence-electron chi connectivity index (χ2n) is 8.24. The van der Waals surface area contributed by atoms with Gasteiger partial charge in [-0.25, -0.2) is 13.0 Å². The molecule has 0 saturated heterocycles. The van der Waals surface area contributed by atoms with Crippen LogP contribution < -0.4 is 10.1 Å².